The minimum absolute atomic E-state index is 0.0602. The van der Waals surface area contributed by atoms with E-state index in [9.17, 15) is 4.79 Å². The van der Waals surface area contributed by atoms with Gasteiger partial charge in [0.15, 0.2) is 0 Å². The van der Waals surface area contributed by atoms with Crippen molar-refractivity contribution in [1.29, 1.82) is 0 Å². The third kappa shape index (κ3) is 1.74. The minimum atomic E-state index is -0.363. The molecule has 21 heavy (non-hydrogen) atoms. The van der Waals surface area contributed by atoms with Crippen LogP contribution in [0.4, 0.5) is 0 Å². The second-order valence-electron chi connectivity index (χ2n) is 9.65. The zero-order valence-electron chi connectivity index (χ0n) is 14.0. The highest BCUT2D eigenvalue weighted by Crippen LogP contribution is 2.75. The number of hydrogen-bond acceptors (Lipinski definition) is 2. The molecule has 4 aliphatic rings. The van der Waals surface area contributed by atoms with E-state index in [1.807, 2.05) is 20.8 Å². The molecule has 0 aromatic heterocycles. The van der Waals surface area contributed by atoms with Gasteiger partial charge in [-0.25, -0.2) is 0 Å². The predicted molar refractivity (Wildman–Crippen MR) is 82.5 cm³/mol. The fourth-order valence-electron chi connectivity index (χ4n) is 6.57. The van der Waals surface area contributed by atoms with Crippen molar-refractivity contribution in [1.82, 2.24) is 0 Å². The van der Waals surface area contributed by atoms with E-state index >= 15 is 0 Å². The molecule has 4 bridgehead atoms. The Morgan fingerprint density at radius 1 is 1.14 bits per heavy atom. The number of carbonyl (C=O) groups is 1. The van der Waals surface area contributed by atoms with Crippen LogP contribution in [0.1, 0.15) is 53.9 Å². The van der Waals surface area contributed by atoms with Crippen molar-refractivity contribution in [2.75, 3.05) is 0 Å². The Morgan fingerprint density at radius 3 is 2.52 bits per heavy atom. The topological polar surface area (TPSA) is 26.3 Å². The van der Waals surface area contributed by atoms with Crippen LogP contribution < -0.4 is 0 Å². The molecule has 0 amide bonds. The van der Waals surface area contributed by atoms with Gasteiger partial charge in [0.25, 0.3) is 0 Å². The molecule has 2 nitrogen and oxygen atoms in total. The SMILES string of the molecule is CC(C)(C)OC(=O)C1CC2(C)CC1C1C2C2C=CC1(C)C2. The van der Waals surface area contributed by atoms with Crippen molar-refractivity contribution in [2.45, 2.75) is 59.5 Å². The fraction of sp³-hybridized carbons (Fsp3) is 0.842. The molecule has 4 rings (SSSR count). The van der Waals surface area contributed by atoms with Gasteiger partial charge in [-0.05, 0) is 74.5 Å². The van der Waals surface area contributed by atoms with Crippen molar-refractivity contribution in [3.05, 3.63) is 12.2 Å². The van der Waals surface area contributed by atoms with E-state index in [0.717, 1.165) is 18.3 Å². The summed E-state index contributed by atoms with van der Waals surface area (Å²) < 4.78 is 5.72. The summed E-state index contributed by atoms with van der Waals surface area (Å²) >= 11 is 0. The molecule has 0 N–H and O–H groups in total. The molecule has 0 aromatic rings. The summed E-state index contributed by atoms with van der Waals surface area (Å²) in [7, 11) is 0. The zero-order valence-corrected chi connectivity index (χ0v) is 14.0. The van der Waals surface area contributed by atoms with Crippen molar-refractivity contribution in [2.24, 2.45) is 40.4 Å². The molecule has 7 unspecified atom stereocenters. The Balaban J connectivity index is 1.63. The van der Waals surface area contributed by atoms with Gasteiger partial charge in [-0.15, -0.1) is 0 Å². The maximum atomic E-state index is 12.7. The summed E-state index contributed by atoms with van der Waals surface area (Å²) in [6.07, 6.45) is 8.52. The van der Waals surface area contributed by atoms with Crippen LogP contribution in [0.3, 0.4) is 0 Å². The van der Waals surface area contributed by atoms with Crippen molar-refractivity contribution >= 4 is 5.97 Å². The molecule has 3 fully saturated rings. The molecular formula is C19H28O2. The van der Waals surface area contributed by atoms with Gasteiger partial charge in [-0.2, -0.15) is 0 Å². The van der Waals surface area contributed by atoms with Gasteiger partial charge in [-0.3, -0.25) is 4.79 Å². The lowest BCUT2D eigenvalue weighted by molar-refractivity contribution is -0.164. The third-order valence-corrected chi connectivity index (χ3v) is 6.89. The maximum absolute atomic E-state index is 12.7. The van der Waals surface area contributed by atoms with Gasteiger partial charge in [0.1, 0.15) is 5.60 Å². The normalized spacial score (nSPS) is 53.3. The molecule has 0 saturated heterocycles. The standard InChI is InChI=1S/C19H28O2/c1-17(2,3)21-16(20)13-10-19(5)9-12(13)15-14(19)11-6-7-18(15,4)8-11/h6-7,11-15H,8-10H2,1-5H3. The summed E-state index contributed by atoms with van der Waals surface area (Å²) in [4.78, 5) is 12.7. The van der Waals surface area contributed by atoms with E-state index in [-0.39, 0.29) is 17.5 Å². The number of fused-ring (bicyclic) bond motifs is 9. The molecule has 0 radical (unpaired) electrons. The van der Waals surface area contributed by atoms with Gasteiger partial charge in [-0.1, -0.05) is 26.0 Å². The van der Waals surface area contributed by atoms with E-state index in [4.69, 9.17) is 4.74 Å². The van der Waals surface area contributed by atoms with Crippen LogP contribution in [-0.2, 0) is 9.53 Å². The first-order valence-electron chi connectivity index (χ1n) is 8.55. The maximum Gasteiger partial charge on any atom is 0.309 e. The Labute approximate surface area is 128 Å². The largest absolute Gasteiger partial charge is 0.460 e. The van der Waals surface area contributed by atoms with E-state index in [1.165, 1.54) is 12.8 Å². The lowest BCUT2D eigenvalue weighted by atomic mass is 9.61. The van der Waals surface area contributed by atoms with Crippen LogP contribution in [0, 0.1) is 40.4 Å². The number of rotatable bonds is 1. The number of hydrogen-bond donors (Lipinski definition) is 0. The minimum Gasteiger partial charge on any atom is -0.460 e. The summed E-state index contributed by atoms with van der Waals surface area (Å²) in [5.41, 5.74) is 0.347. The highest BCUT2D eigenvalue weighted by atomic mass is 16.6. The Bertz CT molecular complexity index is 528. The van der Waals surface area contributed by atoms with Gasteiger partial charge < -0.3 is 4.74 Å². The Hall–Kier alpha value is -0.790. The Morgan fingerprint density at radius 2 is 1.86 bits per heavy atom. The number of allylic oxidation sites excluding steroid dienone is 2. The molecule has 116 valence electrons. The summed E-state index contributed by atoms with van der Waals surface area (Å²) in [5, 5.41) is 0. The molecule has 4 aliphatic carbocycles. The average Bonchev–Trinajstić information content (AvgIpc) is 3.00. The molecule has 3 saturated carbocycles. The predicted octanol–water partition coefficient (Wildman–Crippen LogP) is 4.20. The van der Waals surface area contributed by atoms with E-state index in [2.05, 4.69) is 26.0 Å². The summed E-state index contributed by atoms with van der Waals surface area (Å²) in [6.45, 7) is 10.8. The number of ether oxygens (including phenoxy) is 1. The first-order chi connectivity index (χ1) is 9.63. The van der Waals surface area contributed by atoms with Gasteiger partial charge in [0, 0.05) is 0 Å². The van der Waals surface area contributed by atoms with E-state index in [1.54, 1.807) is 0 Å². The van der Waals surface area contributed by atoms with Gasteiger partial charge >= 0.3 is 5.97 Å². The van der Waals surface area contributed by atoms with Crippen LogP contribution >= 0.6 is 0 Å². The summed E-state index contributed by atoms with van der Waals surface area (Å²) in [5.74, 6) is 3.05. The van der Waals surface area contributed by atoms with E-state index in [0.29, 0.717) is 22.7 Å². The highest BCUT2D eigenvalue weighted by molar-refractivity contribution is 5.74. The zero-order chi connectivity index (χ0) is 15.2. The van der Waals surface area contributed by atoms with Crippen molar-refractivity contribution in [3.8, 4) is 0 Å². The first-order valence-corrected chi connectivity index (χ1v) is 8.55. The third-order valence-electron chi connectivity index (χ3n) is 6.89. The highest BCUT2D eigenvalue weighted by Gasteiger charge is 2.70. The molecule has 0 spiro atoms. The molecule has 7 atom stereocenters. The second-order valence-corrected chi connectivity index (χ2v) is 9.65. The second kappa shape index (κ2) is 3.75. The van der Waals surface area contributed by atoms with Crippen LogP contribution in [-0.4, -0.2) is 11.6 Å². The van der Waals surface area contributed by atoms with E-state index < -0.39 is 0 Å². The quantitative estimate of drug-likeness (QED) is 0.410. The van der Waals surface area contributed by atoms with Crippen LogP contribution in [0.15, 0.2) is 12.2 Å². The lowest BCUT2D eigenvalue weighted by Crippen LogP contribution is -2.42. The lowest BCUT2D eigenvalue weighted by Gasteiger charge is -2.43. The van der Waals surface area contributed by atoms with Crippen molar-refractivity contribution < 1.29 is 9.53 Å². The van der Waals surface area contributed by atoms with Crippen LogP contribution in [0.2, 0.25) is 0 Å². The van der Waals surface area contributed by atoms with Gasteiger partial charge in [0.05, 0.1) is 5.92 Å². The monoisotopic (exact) mass is 288 g/mol. The smallest absolute Gasteiger partial charge is 0.309 e. The number of carbonyl (C=O) groups excluding carboxylic acids is 1. The van der Waals surface area contributed by atoms with Gasteiger partial charge in [0.2, 0.25) is 0 Å². The number of esters is 1. The average molecular weight is 288 g/mol. The molecule has 2 heteroatoms. The van der Waals surface area contributed by atoms with Crippen LogP contribution in [0.5, 0.6) is 0 Å². The Kier molecular flexibility index (Phi) is 2.47. The van der Waals surface area contributed by atoms with Crippen LogP contribution in [0.25, 0.3) is 0 Å². The molecular weight excluding hydrogens is 260 g/mol. The molecule has 0 aromatic carbocycles. The fourth-order valence-corrected chi connectivity index (χ4v) is 6.57. The molecule has 0 aliphatic heterocycles. The summed E-state index contributed by atoms with van der Waals surface area (Å²) in [6, 6.07) is 0. The first kappa shape index (κ1) is 13.8. The van der Waals surface area contributed by atoms with Crippen molar-refractivity contribution in [3.63, 3.8) is 0 Å². The molecule has 0 heterocycles.